The van der Waals surface area contributed by atoms with Crippen LogP contribution in [-0.2, 0) is 22.5 Å². The van der Waals surface area contributed by atoms with Gasteiger partial charge >= 0.3 is 0 Å². The van der Waals surface area contributed by atoms with E-state index in [4.69, 9.17) is 9.84 Å². The predicted molar refractivity (Wildman–Crippen MR) is 160 cm³/mol. The van der Waals surface area contributed by atoms with Gasteiger partial charge in [-0.3, -0.25) is 19.3 Å². The number of amides is 3. The Morgan fingerprint density at radius 1 is 1.16 bits per heavy atom. The van der Waals surface area contributed by atoms with Gasteiger partial charge in [0.1, 0.15) is 17.9 Å². The van der Waals surface area contributed by atoms with Gasteiger partial charge in [-0.2, -0.15) is 10.4 Å². The lowest BCUT2D eigenvalue weighted by Gasteiger charge is -2.39. The number of nitrogens with zero attached hydrogens (tertiary/aromatic N) is 7. The number of nitrogens with one attached hydrogen (secondary N) is 1. The summed E-state index contributed by atoms with van der Waals surface area (Å²) in [4.78, 5) is 54.0. The lowest BCUT2D eigenvalue weighted by atomic mass is 9.82. The van der Waals surface area contributed by atoms with E-state index < -0.39 is 12.1 Å². The Kier molecular flexibility index (Phi) is 6.80. The highest BCUT2D eigenvalue weighted by Crippen LogP contribution is 2.53. The van der Waals surface area contributed by atoms with E-state index >= 15 is 0 Å². The van der Waals surface area contributed by atoms with Gasteiger partial charge in [-0.25, -0.2) is 9.67 Å². The Morgan fingerprint density at radius 3 is 2.68 bits per heavy atom. The molecule has 6 heterocycles. The number of thiazole rings is 1. The van der Waals surface area contributed by atoms with Crippen LogP contribution in [0.1, 0.15) is 93.8 Å². The molecular formula is C31H38N8O4S. The van der Waals surface area contributed by atoms with E-state index in [2.05, 4.69) is 28.3 Å². The zero-order valence-corrected chi connectivity index (χ0v) is 26.0. The normalized spacial score (nSPS) is 30.0. The van der Waals surface area contributed by atoms with Gasteiger partial charge in [-0.05, 0) is 64.3 Å². The fourth-order valence-corrected chi connectivity index (χ4v) is 9.07. The highest BCUT2D eigenvalue weighted by molar-refractivity contribution is 7.13. The van der Waals surface area contributed by atoms with Crippen LogP contribution in [0, 0.1) is 23.2 Å². The summed E-state index contributed by atoms with van der Waals surface area (Å²) in [6.07, 6.45) is 5.73. The van der Waals surface area contributed by atoms with Crippen molar-refractivity contribution < 1.29 is 19.1 Å². The van der Waals surface area contributed by atoms with Crippen molar-refractivity contribution in [3.05, 3.63) is 26.8 Å². The number of fused-ring (bicyclic) bond motifs is 3. The SMILES string of the molecule is CCN1C(=O)[C@@H](NC(=O)c2nc3c(s2)CN(C)CC3)[C@@H](C2CC2)c2c(C(=O)N3[C@H](C#N)C[C@H]4C[C@H]43)nn(C3CCOCC3)c21. The summed E-state index contributed by atoms with van der Waals surface area (Å²) in [5, 5.41) is 18.4. The van der Waals surface area contributed by atoms with Gasteiger partial charge in [0.15, 0.2) is 10.7 Å². The molecule has 1 N–H and O–H groups in total. The third-order valence-electron chi connectivity index (χ3n) is 10.5. The number of likely N-dealkylation sites (tertiary alicyclic amines) is 1. The average Bonchev–Trinajstić information content (AvgIpc) is 3.90. The number of hydrogen-bond acceptors (Lipinski definition) is 9. The lowest BCUT2D eigenvalue weighted by molar-refractivity contribution is -0.121. The maximum absolute atomic E-state index is 14.4. The fraction of sp³-hybridized carbons (Fsp3) is 0.677. The minimum atomic E-state index is -0.830. The molecule has 4 fully saturated rings. The highest BCUT2D eigenvalue weighted by atomic mass is 32.1. The first-order valence-electron chi connectivity index (χ1n) is 16.1. The standard InChI is InChI=1S/C31H38N8O4S/c1-3-37-29-24(26(35-39(29)18-7-10-43-11-8-18)31(42)38-19(14-32)12-17-13-21(17)38)23(16-4-5-16)25(30(37)41)34-27(40)28-33-20-6-9-36(2)15-22(20)44-28/h16-19,21,23,25H,3-13,15H2,1-2H3,(H,34,40)/t17-,19-,21+,23-,25-/m0/s1. The van der Waals surface area contributed by atoms with Crippen LogP contribution in [0.25, 0.3) is 0 Å². The number of aromatic nitrogens is 3. The van der Waals surface area contributed by atoms with E-state index in [1.807, 2.05) is 11.6 Å². The van der Waals surface area contributed by atoms with Crippen LogP contribution in [0.4, 0.5) is 5.82 Å². The van der Waals surface area contributed by atoms with Crippen molar-refractivity contribution in [2.75, 3.05) is 38.3 Å². The van der Waals surface area contributed by atoms with Gasteiger partial charge in [0.2, 0.25) is 0 Å². The fourth-order valence-electron chi connectivity index (χ4n) is 7.98. The van der Waals surface area contributed by atoms with Crippen LogP contribution in [0.5, 0.6) is 0 Å². The molecule has 5 atom stereocenters. The molecule has 0 bridgehead atoms. The van der Waals surface area contributed by atoms with Crippen LogP contribution in [-0.4, -0.2) is 93.8 Å². The third-order valence-corrected chi connectivity index (χ3v) is 11.6. The zero-order chi connectivity index (χ0) is 30.3. The summed E-state index contributed by atoms with van der Waals surface area (Å²) >= 11 is 1.40. The molecule has 8 rings (SSSR count). The van der Waals surface area contributed by atoms with Crippen molar-refractivity contribution in [2.45, 2.75) is 88.5 Å². The molecule has 0 radical (unpaired) electrons. The van der Waals surface area contributed by atoms with Crippen molar-refractivity contribution in [3.8, 4) is 6.07 Å². The van der Waals surface area contributed by atoms with Gasteiger partial charge in [-0.15, -0.1) is 11.3 Å². The van der Waals surface area contributed by atoms with Crippen LogP contribution >= 0.6 is 11.3 Å². The monoisotopic (exact) mass is 618 g/mol. The average molecular weight is 619 g/mol. The molecule has 2 aliphatic carbocycles. The van der Waals surface area contributed by atoms with Gasteiger partial charge in [-0.1, -0.05) is 0 Å². The number of rotatable bonds is 6. The minimum absolute atomic E-state index is 0.00863. The summed E-state index contributed by atoms with van der Waals surface area (Å²) < 4.78 is 7.55. The van der Waals surface area contributed by atoms with E-state index in [-0.39, 0.29) is 41.6 Å². The molecule has 0 aromatic carbocycles. The first-order valence-corrected chi connectivity index (χ1v) is 16.9. The van der Waals surface area contributed by atoms with Gasteiger partial charge in [0, 0.05) is 61.7 Å². The number of nitriles is 1. The van der Waals surface area contributed by atoms with Crippen LogP contribution in [0.15, 0.2) is 0 Å². The Balaban J connectivity index is 1.21. The number of anilines is 1. The van der Waals surface area contributed by atoms with Crippen LogP contribution < -0.4 is 10.2 Å². The maximum atomic E-state index is 14.4. The molecule has 2 saturated heterocycles. The zero-order valence-electron chi connectivity index (χ0n) is 25.2. The van der Waals surface area contributed by atoms with E-state index in [9.17, 15) is 19.6 Å². The molecule has 0 spiro atoms. The summed E-state index contributed by atoms with van der Waals surface area (Å²) in [5.74, 6) is 0.0982. The van der Waals surface area contributed by atoms with Crippen LogP contribution in [0.2, 0.25) is 0 Å². The molecule has 232 valence electrons. The Morgan fingerprint density at radius 2 is 1.95 bits per heavy atom. The van der Waals surface area contributed by atoms with E-state index in [0.717, 1.165) is 67.7 Å². The van der Waals surface area contributed by atoms with Gasteiger partial charge in [0.25, 0.3) is 17.7 Å². The molecule has 12 nitrogen and oxygen atoms in total. The minimum Gasteiger partial charge on any atom is -0.381 e. The topological polar surface area (TPSA) is 137 Å². The number of ether oxygens (including phenoxy) is 1. The second-order valence-electron chi connectivity index (χ2n) is 13.3. The summed E-state index contributed by atoms with van der Waals surface area (Å²) in [6.45, 7) is 5.15. The molecule has 2 aromatic heterocycles. The largest absolute Gasteiger partial charge is 0.381 e. The second-order valence-corrected chi connectivity index (χ2v) is 14.4. The molecule has 2 saturated carbocycles. The van der Waals surface area contributed by atoms with Gasteiger partial charge in [0.05, 0.1) is 17.8 Å². The van der Waals surface area contributed by atoms with Gasteiger partial charge < -0.3 is 19.9 Å². The molecule has 0 unspecified atom stereocenters. The predicted octanol–water partition coefficient (Wildman–Crippen LogP) is 2.46. The number of carbonyl (C=O) groups excluding carboxylic acids is 3. The first kappa shape index (κ1) is 28.2. The summed E-state index contributed by atoms with van der Waals surface area (Å²) in [7, 11) is 2.06. The molecule has 44 heavy (non-hydrogen) atoms. The van der Waals surface area contributed by atoms with Crippen molar-refractivity contribution in [1.82, 2.24) is 29.9 Å². The van der Waals surface area contributed by atoms with Crippen molar-refractivity contribution in [3.63, 3.8) is 0 Å². The number of likely N-dealkylation sites (N-methyl/N-ethyl adjacent to an activating group) is 2. The molecule has 4 aliphatic heterocycles. The quantitative estimate of drug-likeness (QED) is 0.522. The van der Waals surface area contributed by atoms with Crippen molar-refractivity contribution >= 4 is 34.9 Å². The number of piperidine rings is 1. The number of hydrogen-bond donors (Lipinski definition) is 1. The summed E-state index contributed by atoms with van der Waals surface area (Å²) in [6, 6.07) is 1.12. The Hall–Kier alpha value is -3.34. The maximum Gasteiger partial charge on any atom is 0.280 e. The van der Waals surface area contributed by atoms with Crippen molar-refractivity contribution in [2.24, 2.45) is 11.8 Å². The van der Waals surface area contributed by atoms with E-state index in [1.54, 1.807) is 9.80 Å². The Bertz CT molecular complexity index is 1570. The lowest BCUT2D eigenvalue weighted by Crippen LogP contribution is -2.56. The number of carbonyl (C=O) groups is 3. The molecule has 6 aliphatic rings. The smallest absolute Gasteiger partial charge is 0.280 e. The van der Waals surface area contributed by atoms with Crippen molar-refractivity contribution in [1.29, 1.82) is 5.26 Å². The van der Waals surface area contributed by atoms with E-state index in [0.29, 0.717) is 48.6 Å². The Labute approximate surface area is 260 Å². The summed E-state index contributed by atoms with van der Waals surface area (Å²) in [5.41, 5.74) is 2.07. The van der Waals surface area contributed by atoms with E-state index in [1.165, 1.54) is 11.3 Å². The second kappa shape index (κ2) is 10.6. The highest BCUT2D eigenvalue weighted by Gasteiger charge is 2.57. The molecule has 3 amide bonds. The third kappa shape index (κ3) is 4.48. The molecule has 13 heteroatoms. The van der Waals surface area contributed by atoms with Crippen LogP contribution in [0.3, 0.4) is 0 Å². The molecular weight excluding hydrogens is 580 g/mol. The molecule has 2 aromatic rings. The first-order chi connectivity index (χ1) is 21.4.